The highest BCUT2D eigenvalue weighted by molar-refractivity contribution is 7.10. The zero-order valence-electron chi connectivity index (χ0n) is 15.1. The number of hydrogen-bond acceptors (Lipinski definition) is 4. The average Bonchev–Trinajstić information content (AvgIpc) is 3.22. The number of amides is 4. The third kappa shape index (κ3) is 2.64. The first-order valence-electron chi connectivity index (χ1n) is 9.57. The van der Waals surface area contributed by atoms with Crippen LogP contribution in [0.5, 0.6) is 0 Å². The molecule has 0 bridgehead atoms. The summed E-state index contributed by atoms with van der Waals surface area (Å²) in [5, 5.41) is 4.90. The first kappa shape index (κ1) is 17.5. The number of thiophene rings is 1. The number of piperidine rings is 1. The van der Waals surface area contributed by atoms with Crippen LogP contribution in [0.4, 0.5) is 4.79 Å². The Kier molecular flexibility index (Phi) is 4.50. The molecule has 0 aromatic carbocycles. The van der Waals surface area contributed by atoms with E-state index >= 15 is 0 Å². The standard InChI is InChI=1S/C19H25N3O3S/c1-2-13-6-3-4-10-21(13)16(23)12-22-17(24)19(20-18(22)25)9-5-7-15-14(19)8-11-26-15/h8,11,13H,2-7,9-10,12H2,1H3,(H,20,25)/t13-,19+/m1/s1. The van der Waals surface area contributed by atoms with Crippen LogP contribution >= 0.6 is 11.3 Å². The van der Waals surface area contributed by atoms with Crippen molar-refractivity contribution in [1.29, 1.82) is 0 Å². The SMILES string of the molecule is CC[C@@H]1CCCCN1C(=O)CN1C(=O)N[C@]2(CCCc3sccc32)C1=O. The minimum atomic E-state index is -0.961. The Labute approximate surface area is 157 Å². The predicted molar refractivity (Wildman–Crippen MR) is 98.8 cm³/mol. The van der Waals surface area contributed by atoms with Gasteiger partial charge in [0.05, 0.1) is 0 Å². The highest BCUT2D eigenvalue weighted by Crippen LogP contribution is 2.42. The van der Waals surface area contributed by atoms with Crippen molar-refractivity contribution in [2.75, 3.05) is 13.1 Å². The second-order valence-corrected chi connectivity index (χ2v) is 8.48. The van der Waals surface area contributed by atoms with E-state index in [1.807, 2.05) is 16.3 Å². The second-order valence-electron chi connectivity index (χ2n) is 7.48. The van der Waals surface area contributed by atoms with E-state index in [2.05, 4.69) is 12.2 Å². The van der Waals surface area contributed by atoms with Gasteiger partial charge in [0.1, 0.15) is 12.1 Å². The molecule has 3 heterocycles. The molecule has 7 heteroatoms. The van der Waals surface area contributed by atoms with Gasteiger partial charge in [-0.3, -0.25) is 14.5 Å². The number of fused-ring (bicyclic) bond motifs is 2. The molecule has 2 atom stereocenters. The lowest BCUT2D eigenvalue weighted by Gasteiger charge is -2.36. The molecular weight excluding hydrogens is 350 g/mol. The largest absolute Gasteiger partial charge is 0.338 e. The molecule has 1 aliphatic carbocycles. The number of carbonyl (C=O) groups excluding carboxylic acids is 3. The highest BCUT2D eigenvalue weighted by Gasteiger charge is 2.54. The minimum Gasteiger partial charge on any atom is -0.338 e. The van der Waals surface area contributed by atoms with E-state index in [4.69, 9.17) is 0 Å². The molecule has 2 aliphatic heterocycles. The lowest BCUT2D eigenvalue weighted by atomic mass is 9.80. The lowest BCUT2D eigenvalue weighted by molar-refractivity contribution is -0.141. The molecule has 1 N–H and O–H groups in total. The van der Waals surface area contributed by atoms with Crippen molar-refractivity contribution in [2.24, 2.45) is 0 Å². The predicted octanol–water partition coefficient (Wildman–Crippen LogP) is 2.62. The van der Waals surface area contributed by atoms with Crippen molar-refractivity contribution in [3.05, 3.63) is 21.9 Å². The Balaban J connectivity index is 1.55. The molecule has 140 valence electrons. The Morgan fingerprint density at radius 1 is 1.35 bits per heavy atom. The quantitative estimate of drug-likeness (QED) is 0.826. The zero-order chi connectivity index (χ0) is 18.3. The topological polar surface area (TPSA) is 69.7 Å². The number of rotatable bonds is 3. The third-order valence-electron chi connectivity index (χ3n) is 6.05. The summed E-state index contributed by atoms with van der Waals surface area (Å²) in [6.45, 7) is 2.66. The Morgan fingerprint density at radius 3 is 3.00 bits per heavy atom. The fourth-order valence-electron chi connectivity index (χ4n) is 4.66. The monoisotopic (exact) mass is 375 g/mol. The fraction of sp³-hybridized carbons (Fsp3) is 0.632. The van der Waals surface area contributed by atoms with E-state index in [1.165, 1.54) is 4.88 Å². The fourth-order valence-corrected chi connectivity index (χ4v) is 5.66. The van der Waals surface area contributed by atoms with Gasteiger partial charge in [0, 0.05) is 23.0 Å². The highest BCUT2D eigenvalue weighted by atomic mass is 32.1. The summed E-state index contributed by atoms with van der Waals surface area (Å²) in [7, 11) is 0. The van der Waals surface area contributed by atoms with Gasteiger partial charge < -0.3 is 10.2 Å². The van der Waals surface area contributed by atoms with Crippen molar-refractivity contribution in [1.82, 2.24) is 15.1 Å². The Morgan fingerprint density at radius 2 is 2.19 bits per heavy atom. The number of urea groups is 1. The van der Waals surface area contributed by atoms with Crippen LogP contribution in [0.15, 0.2) is 11.4 Å². The first-order valence-corrected chi connectivity index (χ1v) is 10.4. The van der Waals surface area contributed by atoms with Gasteiger partial charge in [0.2, 0.25) is 5.91 Å². The van der Waals surface area contributed by atoms with Crippen LogP contribution in [0.3, 0.4) is 0 Å². The molecule has 3 aliphatic rings. The van der Waals surface area contributed by atoms with Crippen LogP contribution in [-0.4, -0.2) is 46.8 Å². The molecule has 6 nitrogen and oxygen atoms in total. The molecule has 2 fully saturated rings. The number of likely N-dealkylation sites (tertiary alicyclic amines) is 1. The molecular formula is C19H25N3O3S. The van der Waals surface area contributed by atoms with Crippen LogP contribution in [-0.2, 0) is 21.5 Å². The molecule has 4 rings (SSSR count). The van der Waals surface area contributed by atoms with Gasteiger partial charge in [-0.15, -0.1) is 11.3 Å². The van der Waals surface area contributed by atoms with E-state index in [-0.39, 0.29) is 24.4 Å². The number of nitrogens with zero attached hydrogens (tertiary/aromatic N) is 2. The number of carbonyl (C=O) groups is 3. The molecule has 2 saturated heterocycles. The van der Waals surface area contributed by atoms with Crippen molar-refractivity contribution in [3.8, 4) is 0 Å². The normalized spacial score (nSPS) is 28.4. The van der Waals surface area contributed by atoms with Crippen LogP contribution < -0.4 is 5.32 Å². The molecule has 0 radical (unpaired) electrons. The minimum absolute atomic E-state index is 0.113. The summed E-state index contributed by atoms with van der Waals surface area (Å²) in [5.41, 5.74) is -0.0387. The molecule has 4 amide bonds. The van der Waals surface area contributed by atoms with Gasteiger partial charge in [-0.25, -0.2) is 4.79 Å². The van der Waals surface area contributed by atoms with E-state index in [0.717, 1.165) is 55.5 Å². The van der Waals surface area contributed by atoms with Crippen LogP contribution in [0.2, 0.25) is 0 Å². The van der Waals surface area contributed by atoms with Crippen LogP contribution in [0.25, 0.3) is 0 Å². The maximum atomic E-state index is 13.2. The molecule has 1 spiro atoms. The number of nitrogens with one attached hydrogen (secondary N) is 1. The second kappa shape index (κ2) is 6.68. The molecule has 0 unspecified atom stereocenters. The van der Waals surface area contributed by atoms with Crippen LogP contribution in [0, 0.1) is 0 Å². The number of imide groups is 1. The lowest BCUT2D eigenvalue weighted by Crippen LogP contribution is -2.50. The molecule has 0 saturated carbocycles. The summed E-state index contributed by atoms with van der Waals surface area (Å²) in [6.07, 6.45) is 6.46. The van der Waals surface area contributed by atoms with Crippen molar-refractivity contribution in [3.63, 3.8) is 0 Å². The van der Waals surface area contributed by atoms with E-state index in [0.29, 0.717) is 6.42 Å². The molecule has 1 aromatic heterocycles. The van der Waals surface area contributed by atoms with Crippen molar-refractivity contribution < 1.29 is 14.4 Å². The van der Waals surface area contributed by atoms with Crippen LogP contribution in [0.1, 0.15) is 55.9 Å². The van der Waals surface area contributed by atoms with Gasteiger partial charge in [0.15, 0.2) is 0 Å². The molecule has 26 heavy (non-hydrogen) atoms. The first-order chi connectivity index (χ1) is 12.6. The van der Waals surface area contributed by atoms with Gasteiger partial charge in [-0.2, -0.15) is 0 Å². The molecule has 1 aromatic rings. The summed E-state index contributed by atoms with van der Waals surface area (Å²) in [6, 6.07) is 1.73. The van der Waals surface area contributed by atoms with E-state index in [9.17, 15) is 14.4 Å². The van der Waals surface area contributed by atoms with Gasteiger partial charge in [-0.05, 0) is 56.4 Å². The Bertz CT molecular complexity index is 746. The Hall–Kier alpha value is -1.89. The van der Waals surface area contributed by atoms with Crippen molar-refractivity contribution >= 4 is 29.2 Å². The summed E-state index contributed by atoms with van der Waals surface area (Å²) in [5.74, 6) is -0.376. The summed E-state index contributed by atoms with van der Waals surface area (Å²) < 4.78 is 0. The van der Waals surface area contributed by atoms with Gasteiger partial charge in [-0.1, -0.05) is 6.92 Å². The summed E-state index contributed by atoms with van der Waals surface area (Å²) >= 11 is 1.63. The third-order valence-corrected chi connectivity index (χ3v) is 7.03. The number of hydrogen-bond donors (Lipinski definition) is 1. The average molecular weight is 375 g/mol. The maximum Gasteiger partial charge on any atom is 0.325 e. The van der Waals surface area contributed by atoms with Gasteiger partial charge in [0.25, 0.3) is 5.91 Å². The smallest absolute Gasteiger partial charge is 0.325 e. The summed E-state index contributed by atoms with van der Waals surface area (Å²) in [4.78, 5) is 42.8. The van der Waals surface area contributed by atoms with Crippen molar-refractivity contribution in [2.45, 2.75) is 63.5 Å². The number of aryl methyl sites for hydroxylation is 1. The van der Waals surface area contributed by atoms with Gasteiger partial charge >= 0.3 is 6.03 Å². The zero-order valence-corrected chi connectivity index (χ0v) is 15.9. The van der Waals surface area contributed by atoms with E-state index < -0.39 is 11.6 Å². The van der Waals surface area contributed by atoms with E-state index in [1.54, 1.807) is 11.3 Å². The maximum absolute atomic E-state index is 13.2.